The van der Waals surface area contributed by atoms with E-state index in [9.17, 15) is 61.4 Å². The van der Waals surface area contributed by atoms with Gasteiger partial charge in [-0.05, 0) is 36.4 Å². The Hall–Kier alpha value is -3.76. The van der Waals surface area contributed by atoms with Gasteiger partial charge < -0.3 is 10.2 Å². The topological polar surface area (TPSA) is 378 Å². The Kier molecular flexibility index (Phi) is 13.9. The van der Waals surface area contributed by atoms with E-state index in [1.165, 1.54) is 0 Å². The molecule has 52 heavy (non-hydrogen) atoms. The average molecular weight is 855 g/mol. The molecule has 0 bridgehead atoms. The third-order valence-corrected chi connectivity index (χ3v) is 11.8. The van der Waals surface area contributed by atoms with E-state index in [4.69, 9.17) is 9.81 Å². The van der Waals surface area contributed by atoms with Gasteiger partial charge in [-0.25, -0.2) is 26.3 Å². The highest BCUT2D eigenvalue weighted by molar-refractivity contribution is 7.92. The van der Waals surface area contributed by atoms with Crippen LogP contribution in [0.25, 0.3) is 0 Å². The van der Waals surface area contributed by atoms with Gasteiger partial charge in [0, 0.05) is 12.1 Å². The zero-order valence-electron chi connectivity index (χ0n) is 25.1. The zero-order chi connectivity index (χ0) is 39.1. The molecule has 0 aliphatic heterocycles. The predicted molar refractivity (Wildman–Crippen MR) is 171 cm³/mol. The highest BCUT2D eigenvalue weighted by Gasteiger charge is 2.24. The molecular formula is C22H22N4O20S6. The van der Waals surface area contributed by atoms with Gasteiger partial charge in [-0.15, -0.1) is 24.8 Å². The fourth-order valence-corrected chi connectivity index (χ4v) is 7.97. The summed E-state index contributed by atoms with van der Waals surface area (Å²) < 4.78 is 160. The molecule has 0 saturated heterocycles. The maximum absolute atomic E-state index is 12.6. The second-order valence-electron chi connectivity index (χ2n) is 9.36. The molecule has 0 saturated carbocycles. The molecule has 3 rings (SSSR count). The van der Waals surface area contributed by atoms with Crippen LogP contribution < -0.4 is 0 Å². The number of azo groups is 2. The molecule has 3 aromatic rings. The van der Waals surface area contributed by atoms with Crippen LogP contribution in [0.15, 0.2) is 88.6 Å². The second-order valence-corrected chi connectivity index (χ2v) is 18.0. The summed E-state index contributed by atoms with van der Waals surface area (Å²) in [6.07, 6.45) is 0. The van der Waals surface area contributed by atoms with E-state index in [2.05, 4.69) is 38.2 Å². The minimum atomic E-state index is -5.22. The van der Waals surface area contributed by atoms with Crippen molar-refractivity contribution in [1.29, 1.82) is 0 Å². The van der Waals surface area contributed by atoms with Gasteiger partial charge in [0.2, 0.25) is 0 Å². The van der Waals surface area contributed by atoms with E-state index in [-0.39, 0.29) is 12.3 Å². The number of hydrogen-bond acceptors (Lipinski definition) is 22. The lowest BCUT2D eigenvalue weighted by atomic mass is 10.2. The monoisotopic (exact) mass is 854 g/mol. The molecule has 0 unspecified atom stereocenters. The van der Waals surface area contributed by atoms with E-state index in [0.717, 1.165) is 30.3 Å². The van der Waals surface area contributed by atoms with Crippen LogP contribution in [0.3, 0.4) is 0 Å². The first kappa shape index (κ1) is 42.7. The SMILES string of the molecule is O=S(=O)(O)OCCS(=O)(=O)c1ccc(N=Nc2cc(N=Nc3ccc(S(=O)(=O)CCOSOOO)cc3S(=O)(=O)O)c(O)cc2O)c(S(=O)(=O)O)c1. The molecule has 0 radical (unpaired) electrons. The fraction of sp³-hybridized carbons (Fsp3) is 0.182. The molecule has 24 nitrogen and oxygen atoms in total. The Labute approximate surface area is 297 Å². The summed E-state index contributed by atoms with van der Waals surface area (Å²) in [5.41, 5.74) is -2.47. The molecule has 0 fully saturated rings. The van der Waals surface area contributed by atoms with Crippen LogP contribution >= 0.6 is 12.3 Å². The second kappa shape index (κ2) is 16.9. The van der Waals surface area contributed by atoms with Crippen LogP contribution in [-0.2, 0) is 68.0 Å². The van der Waals surface area contributed by atoms with Gasteiger partial charge in [-0.2, -0.15) is 25.3 Å². The molecular weight excluding hydrogens is 833 g/mol. The summed E-state index contributed by atoms with van der Waals surface area (Å²) in [6, 6.07) is 5.71. The van der Waals surface area contributed by atoms with Crippen molar-refractivity contribution >= 4 is 85.4 Å². The number of phenols is 2. The molecule has 0 aliphatic carbocycles. The molecule has 0 atom stereocenters. The highest BCUT2D eigenvalue weighted by Crippen LogP contribution is 2.41. The van der Waals surface area contributed by atoms with Crippen LogP contribution in [0.1, 0.15) is 0 Å². The van der Waals surface area contributed by atoms with E-state index in [1.807, 2.05) is 0 Å². The minimum Gasteiger partial charge on any atom is -0.505 e. The normalized spacial score (nSPS) is 13.3. The van der Waals surface area contributed by atoms with Gasteiger partial charge >= 0.3 is 10.4 Å². The number of hydrogen-bond donors (Lipinski definition) is 6. The summed E-state index contributed by atoms with van der Waals surface area (Å²) in [5, 5.41) is 46.1. The summed E-state index contributed by atoms with van der Waals surface area (Å²) in [4.78, 5) is -3.53. The van der Waals surface area contributed by atoms with Crippen molar-refractivity contribution in [3.05, 3.63) is 48.5 Å². The number of nitrogens with zero attached hydrogens (tertiary/aromatic N) is 4. The Balaban J connectivity index is 1.96. The van der Waals surface area contributed by atoms with E-state index in [1.54, 1.807) is 0 Å². The third kappa shape index (κ3) is 12.2. The van der Waals surface area contributed by atoms with Crippen LogP contribution in [0.2, 0.25) is 0 Å². The molecule has 30 heteroatoms. The van der Waals surface area contributed by atoms with Crippen LogP contribution in [0.4, 0.5) is 22.7 Å². The number of benzene rings is 3. The van der Waals surface area contributed by atoms with Gasteiger partial charge in [-0.3, -0.25) is 17.8 Å². The zero-order valence-corrected chi connectivity index (χ0v) is 30.0. The van der Waals surface area contributed by atoms with Gasteiger partial charge in [0.25, 0.3) is 20.2 Å². The van der Waals surface area contributed by atoms with Crippen molar-refractivity contribution in [1.82, 2.24) is 0 Å². The van der Waals surface area contributed by atoms with Crippen molar-refractivity contribution in [3.8, 4) is 11.5 Å². The standard InChI is InChI=1S/C22H22N4O20S6/c27-19-12-20(28)18(26-24-16-4-2-14(10-22(16)51(37,38)39)49(32,33)8-6-44-52(40,41)42)11-17(19)25-23-15-3-1-13(9-21(15)50(34,35)36)48(30,31)7-5-43-47-46-45-29/h1-4,9-12,27-29H,5-8H2,(H,34,35,36)(H,37,38,39)(H,40,41,42). The Morgan fingerprint density at radius 1 is 0.577 bits per heavy atom. The summed E-state index contributed by atoms with van der Waals surface area (Å²) >= 11 is 0.0869. The number of rotatable bonds is 18. The van der Waals surface area contributed by atoms with Gasteiger partial charge in [0.05, 0.1) is 34.5 Å². The number of aromatic hydroxyl groups is 2. The maximum Gasteiger partial charge on any atom is 0.397 e. The molecule has 3 aromatic carbocycles. The summed E-state index contributed by atoms with van der Waals surface area (Å²) in [6.45, 7) is -1.58. The van der Waals surface area contributed by atoms with Gasteiger partial charge in [0.15, 0.2) is 32.0 Å². The van der Waals surface area contributed by atoms with E-state index < -0.39 is 129 Å². The predicted octanol–water partition coefficient (Wildman–Crippen LogP) is 2.79. The first-order valence-electron chi connectivity index (χ1n) is 12.9. The highest BCUT2D eigenvalue weighted by atomic mass is 32.3. The lowest BCUT2D eigenvalue weighted by Gasteiger charge is -2.08. The average Bonchev–Trinajstić information content (AvgIpc) is 3.02. The molecule has 0 aliphatic rings. The molecule has 0 heterocycles. The third-order valence-electron chi connectivity index (χ3n) is 5.87. The van der Waals surface area contributed by atoms with E-state index in [0.29, 0.717) is 18.2 Å². The maximum atomic E-state index is 12.6. The molecule has 6 N–H and O–H groups in total. The summed E-state index contributed by atoms with van der Waals surface area (Å²) in [5.74, 6) is -3.39. The first-order chi connectivity index (χ1) is 23.9. The molecule has 0 aromatic heterocycles. The van der Waals surface area contributed by atoms with Crippen molar-refractivity contribution in [3.63, 3.8) is 0 Å². The lowest BCUT2D eigenvalue weighted by molar-refractivity contribution is -0.434. The minimum absolute atomic E-state index is 0.0869. The Bertz CT molecular complexity index is 2440. The van der Waals surface area contributed by atoms with Crippen molar-refractivity contribution in [2.75, 3.05) is 24.7 Å². The molecule has 0 amide bonds. The summed E-state index contributed by atoms with van der Waals surface area (Å²) in [7, 11) is -24.1. The Morgan fingerprint density at radius 2 is 1.00 bits per heavy atom. The fourth-order valence-electron chi connectivity index (χ4n) is 3.58. The number of phenolic OH excluding ortho intramolecular Hbond substituents is 2. The van der Waals surface area contributed by atoms with Crippen molar-refractivity contribution < 1.29 is 89.0 Å². The largest absolute Gasteiger partial charge is 0.505 e. The van der Waals surface area contributed by atoms with Crippen LogP contribution in [0.5, 0.6) is 11.5 Å². The lowest BCUT2D eigenvalue weighted by Crippen LogP contribution is -2.16. The first-order valence-corrected chi connectivity index (χ1v) is 21.1. The van der Waals surface area contributed by atoms with Crippen molar-refractivity contribution in [2.45, 2.75) is 19.6 Å². The van der Waals surface area contributed by atoms with E-state index >= 15 is 0 Å². The van der Waals surface area contributed by atoms with Gasteiger partial charge in [0.1, 0.15) is 44.0 Å². The quantitative estimate of drug-likeness (QED) is 0.0267. The smallest absolute Gasteiger partial charge is 0.397 e. The Morgan fingerprint density at radius 3 is 1.40 bits per heavy atom. The molecule has 286 valence electrons. The number of sulfone groups is 2. The van der Waals surface area contributed by atoms with Crippen LogP contribution in [0, 0.1) is 0 Å². The molecule has 0 spiro atoms. The van der Waals surface area contributed by atoms with Crippen molar-refractivity contribution in [2.24, 2.45) is 20.5 Å². The van der Waals surface area contributed by atoms with Crippen LogP contribution in [-0.4, -0.2) is 95.9 Å². The van der Waals surface area contributed by atoms with Gasteiger partial charge in [-0.1, -0.05) is 5.04 Å².